The van der Waals surface area contributed by atoms with Gasteiger partial charge < -0.3 is 9.26 Å². The Bertz CT molecular complexity index is 1080. The number of ether oxygens (including phenoxy) is 1. The summed E-state index contributed by atoms with van der Waals surface area (Å²) in [4.78, 5) is 4.73. The van der Waals surface area contributed by atoms with Crippen molar-refractivity contribution in [3.63, 3.8) is 0 Å². The third-order valence-corrected chi connectivity index (χ3v) is 7.11. The molecule has 0 spiro atoms. The Balaban J connectivity index is 1.53. The second-order valence-electron chi connectivity index (χ2n) is 6.84. The number of halogens is 1. The predicted molar refractivity (Wildman–Crippen MR) is 108 cm³/mol. The van der Waals surface area contributed by atoms with Crippen LogP contribution in [0.15, 0.2) is 57.9 Å². The van der Waals surface area contributed by atoms with E-state index >= 15 is 0 Å². The number of piperidine rings is 1. The zero-order chi connectivity index (χ0) is 20.4. The molecule has 0 aliphatic carbocycles. The lowest BCUT2D eigenvalue weighted by Gasteiger charge is -2.30. The van der Waals surface area contributed by atoms with Crippen LogP contribution in [0.4, 0.5) is 0 Å². The molecule has 1 fully saturated rings. The predicted octanol–water partition coefficient (Wildman–Crippen LogP) is 3.97. The number of hydrogen-bond donors (Lipinski definition) is 0. The number of benzene rings is 2. The summed E-state index contributed by atoms with van der Waals surface area (Å²) in [6, 6.07) is 13.6. The average molecular weight is 434 g/mol. The van der Waals surface area contributed by atoms with Crippen LogP contribution < -0.4 is 4.74 Å². The maximum Gasteiger partial charge on any atom is 0.243 e. The van der Waals surface area contributed by atoms with Gasteiger partial charge in [-0.25, -0.2) is 8.42 Å². The number of nitrogens with zero attached hydrogens (tertiary/aromatic N) is 3. The van der Waals surface area contributed by atoms with Gasteiger partial charge in [0.05, 0.1) is 17.9 Å². The van der Waals surface area contributed by atoms with E-state index in [4.69, 9.17) is 20.9 Å². The Morgan fingerprint density at radius 2 is 1.86 bits per heavy atom. The van der Waals surface area contributed by atoms with Gasteiger partial charge in [-0.2, -0.15) is 9.29 Å². The molecule has 2 heterocycles. The lowest BCUT2D eigenvalue weighted by molar-refractivity contribution is 0.265. The number of methoxy groups -OCH3 is 1. The van der Waals surface area contributed by atoms with E-state index in [-0.39, 0.29) is 10.8 Å². The Kier molecular flexibility index (Phi) is 5.58. The first-order valence-corrected chi connectivity index (χ1v) is 11.0. The Hall–Kier alpha value is -2.42. The highest BCUT2D eigenvalue weighted by Crippen LogP contribution is 2.31. The van der Waals surface area contributed by atoms with Crippen LogP contribution in [0.1, 0.15) is 24.7 Å². The van der Waals surface area contributed by atoms with E-state index in [2.05, 4.69) is 10.1 Å². The van der Waals surface area contributed by atoms with E-state index in [9.17, 15) is 8.42 Å². The van der Waals surface area contributed by atoms with E-state index in [0.29, 0.717) is 35.6 Å². The summed E-state index contributed by atoms with van der Waals surface area (Å²) in [6.45, 7) is 0.764. The molecule has 0 amide bonds. The molecule has 1 aromatic heterocycles. The highest BCUT2D eigenvalue weighted by atomic mass is 35.5. The van der Waals surface area contributed by atoms with E-state index in [0.717, 1.165) is 18.4 Å². The molecular formula is C20H20ClN3O4S. The van der Waals surface area contributed by atoms with Gasteiger partial charge in [-0.05, 0) is 61.4 Å². The van der Waals surface area contributed by atoms with Gasteiger partial charge in [-0.1, -0.05) is 16.8 Å². The molecule has 9 heteroatoms. The second-order valence-corrected chi connectivity index (χ2v) is 9.22. The van der Waals surface area contributed by atoms with Gasteiger partial charge in [0.1, 0.15) is 5.75 Å². The third-order valence-electron chi connectivity index (χ3n) is 4.97. The first-order valence-electron chi connectivity index (χ1n) is 9.21. The fraction of sp³-hybridized carbons (Fsp3) is 0.300. The molecule has 2 aromatic carbocycles. The van der Waals surface area contributed by atoms with Gasteiger partial charge in [0.2, 0.25) is 21.7 Å². The minimum atomic E-state index is -3.60. The monoisotopic (exact) mass is 433 g/mol. The summed E-state index contributed by atoms with van der Waals surface area (Å²) in [7, 11) is -2.06. The quantitative estimate of drug-likeness (QED) is 0.605. The molecule has 0 unspecified atom stereocenters. The number of rotatable bonds is 5. The van der Waals surface area contributed by atoms with Crippen molar-refractivity contribution in [2.24, 2.45) is 0 Å². The van der Waals surface area contributed by atoms with Crippen LogP contribution >= 0.6 is 11.6 Å². The smallest absolute Gasteiger partial charge is 0.243 e. The minimum Gasteiger partial charge on any atom is -0.497 e. The fourth-order valence-electron chi connectivity index (χ4n) is 3.38. The first-order chi connectivity index (χ1) is 14.0. The minimum absolute atomic E-state index is 0.148. The van der Waals surface area contributed by atoms with Crippen LogP contribution in [-0.4, -0.2) is 43.1 Å². The van der Waals surface area contributed by atoms with Crippen LogP contribution in [0.5, 0.6) is 5.75 Å². The van der Waals surface area contributed by atoms with Crippen molar-refractivity contribution in [3.8, 4) is 17.1 Å². The van der Waals surface area contributed by atoms with Crippen molar-refractivity contribution >= 4 is 21.6 Å². The molecule has 152 valence electrons. The van der Waals surface area contributed by atoms with Crippen molar-refractivity contribution in [1.82, 2.24) is 14.4 Å². The first kappa shape index (κ1) is 19.9. The molecule has 0 bridgehead atoms. The SMILES string of the molecule is COc1ccc(S(=O)(=O)N2CCC[C@@H](c3nc(-c4ccc(Cl)cc4)no3)C2)cc1. The molecule has 1 aliphatic rings. The van der Waals surface area contributed by atoms with E-state index in [1.165, 1.54) is 4.31 Å². The van der Waals surface area contributed by atoms with Crippen LogP contribution in [0.2, 0.25) is 5.02 Å². The van der Waals surface area contributed by atoms with Crippen LogP contribution in [0.3, 0.4) is 0 Å². The molecule has 29 heavy (non-hydrogen) atoms. The summed E-state index contributed by atoms with van der Waals surface area (Å²) >= 11 is 5.92. The molecule has 0 radical (unpaired) electrons. The zero-order valence-electron chi connectivity index (χ0n) is 15.8. The van der Waals surface area contributed by atoms with Gasteiger partial charge in [0, 0.05) is 23.7 Å². The normalized spacial score (nSPS) is 17.9. The Morgan fingerprint density at radius 1 is 1.14 bits per heavy atom. The number of aromatic nitrogens is 2. The molecule has 7 nitrogen and oxygen atoms in total. The third kappa shape index (κ3) is 4.14. The summed E-state index contributed by atoms with van der Waals surface area (Å²) in [5.74, 6) is 1.38. The average Bonchev–Trinajstić information content (AvgIpc) is 3.25. The zero-order valence-corrected chi connectivity index (χ0v) is 17.4. The van der Waals surface area contributed by atoms with E-state index in [1.54, 1.807) is 43.5 Å². The van der Waals surface area contributed by atoms with E-state index < -0.39 is 10.0 Å². The summed E-state index contributed by atoms with van der Waals surface area (Å²) in [5.41, 5.74) is 0.794. The van der Waals surface area contributed by atoms with Gasteiger partial charge in [0.15, 0.2) is 0 Å². The van der Waals surface area contributed by atoms with Gasteiger partial charge in [-0.15, -0.1) is 0 Å². The van der Waals surface area contributed by atoms with Crippen LogP contribution in [-0.2, 0) is 10.0 Å². The highest BCUT2D eigenvalue weighted by molar-refractivity contribution is 7.89. The van der Waals surface area contributed by atoms with Crippen molar-refractivity contribution in [1.29, 1.82) is 0 Å². The van der Waals surface area contributed by atoms with Crippen molar-refractivity contribution in [2.45, 2.75) is 23.7 Å². The molecule has 0 saturated carbocycles. The van der Waals surface area contributed by atoms with E-state index in [1.807, 2.05) is 12.1 Å². The van der Waals surface area contributed by atoms with Crippen LogP contribution in [0, 0.1) is 0 Å². The fourth-order valence-corrected chi connectivity index (χ4v) is 5.03. The highest BCUT2D eigenvalue weighted by Gasteiger charge is 2.33. The molecule has 1 saturated heterocycles. The topological polar surface area (TPSA) is 85.5 Å². The molecule has 1 aliphatic heterocycles. The molecule has 4 rings (SSSR count). The standard InChI is InChI=1S/C20H20ClN3O4S/c1-27-17-8-10-18(11-9-17)29(25,26)24-12-2-3-15(13-24)20-22-19(23-28-20)14-4-6-16(21)7-5-14/h4-11,15H,2-3,12-13H2,1H3/t15-/m1/s1. The lowest BCUT2D eigenvalue weighted by Crippen LogP contribution is -2.39. The summed E-state index contributed by atoms with van der Waals surface area (Å²) in [6.07, 6.45) is 1.51. The number of sulfonamides is 1. The molecular weight excluding hydrogens is 414 g/mol. The Labute approximate surface area is 174 Å². The number of hydrogen-bond acceptors (Lipinski definition) is 6. The molecule has 1 atom stereocenters. The Morgan fingerprint density at radius 3 is 2.55 bits per heavy atom. The van der Waals surface area contributed by atoms with Gasteiger partial charge in [-0.3, -0.25) is 0 Å². The van der Waals surface area contributed by atoms with Crippen LogP contribution in [0.25, 0.3) is 11.4 Å². The van der Waals surface area contributed by atoms with Gasteiger partial charge >= 0.3 is 0 Å². The molecule has 0 N–H and O–H groups in total. The summed E-state index contributed by atoms with van der Waals surface area (Å²) < 4.78 is 38.1. The van der Waals surface area contributed by atoms with Crippen molar-refractivity contribution in [2.75, 3.05) is 20.2 Å². The van der Waals surface area contributed by atoms with Crippen molar-refractivity contribution in [3.05, 3.63) is 59.4 Å². The molecule has 3 aromatic rings. The lowest BCUT2D eigenvalue weighted by atomic mass is 10.00. The van der Waals surface area contributed by atoms with Crippen molar-refractivity contribution < 1.29 is 17.7 Å². The second kappa shape index (κ2) is 8.14. The maximum atomic E-state index is 13.0. The summed E-state index contributed by atoms with van der Waals surface area (Å²) in [5, 5.41) is 4.67. The van der Waals surface area contributed by atoms with Gasteiger partial charge in [0.25, 0.3) is 0 Å². The largest absolute Gasteiger partial charge is 0.497 e. The maximum absolute atomic E-state index is 13.0.